The molecule has 0 aliphatic carbocycles. The largest absolute Gasteiger partial charge is 0.456 e. The Morgan fingerprint density at radius 2 is 1.62 bits per heavy atom. The van der Waals surface area contributed by atoms with Gasteiger partial charge in [-0.15, -0.1) is 4.79 Å². The topological polar surface area (TPSA) is 114 Å². The lowest BCUT2D eigenvalue weighted by atomic mass is 10.0. The lowest BCUT2D eigenvalue weighted by Crippen LogP contribution is -2.26. The number of Topliss-reactive ketones (excluding diaryl/α,β-unsaturated/α-hetero) is 1. The first-order valence-corrected chi connectivity index (χ1v) is 9.25. The molecule has 0 saturated carbocycles. The van der Waals surface area contributed by atoms with Crippen LogP contribution in [0.15, 0.2) is 71.6 Å². The predicted octanol–water partition coefficient (Wildman–Crippen LogP) is 2.58. The fraction of sp³-hybridized carbons (Fsp3) is 0.0526. The van der Waals surface area contributed by atoms with Crippen LogP contribution < -0.4 is 5.73 Å². The van der Waals surface area contributed by atoms with Gasteiger partial charge < -0.3 is 11.3 Å². The third-order valence-electron chi connectivity index (χ3n) is 4.02. The van der Waals surface area contributed by atoms with Crippen LogP contribution in [0.5, 0.6) is 0 Å². The van der Waals surface area contributed by atoms with E-state index in [4.69, 9.17) is 5.73 Å². The standard InChI is InChI=1S/C19H15N3O3S/c20-12-13-5-9-17(10-6-13)26(24,25)19(22-21)18(23)16-8-7-14-3-1-2-4-15(14)11-16/h1-11H,12,20H2. The molecule has 0 spiro atoms. The van der Waals surface area contributed by atoms with Crippen molar-refractivity contribution >= 4 is 31.4 Å². The number of fused-ring (bicyclic) bond motifs is 1. The van der Waals surface area contributed by atoms with Gasteiger partial charge in [0.2, 0.25) is 0 Å². The number of carbonyl (C=O) groups excluding carboxylic acids is 1. The van der Waals surface area contributed by atoms with Crippen LogP contribution >= 0.6 is 0 Å². The molecule has 0 heterocycles. The number of nitrogens with zero attached hydrogens (tertiary/aromatic N) is 2. The van der Waals surface area contributed by atoms with E-state index >= 15 is 0 Å². The zero-order valence-corrected chi connectivity index (χ0v) is 14.5. The monoisotopic (exact) mass is 365 g/mol. The molecule has 7 heteroatoms. The maximum Gasteiger partial charge on any atom is 0.456 e. The van der Waals surface area contributed by atoms with Crippen molar-refractivity contribution in [1.82, 2.24) is 0 Å². The Hall–Kier alpha value is -3.12. The molecular weight excluding hydrogens is 350 g/mol. The molecule has 0 fully saturated rings. The summed E-state index contributed by atoms with van der Waals surface area (Å²) in [5.74, 6) is -0.874. The summed E-state index contributed by atoms with van der Waals surface area (Å²) in [7, 11) is -4.27. The molecular formula is C19H15N3O3S. The number of hydrogen-bond donors (Lipinski definition) is 1. The smallest absolute Gasteiger partial charge is 0.360 e. The number of ketones is 1. The van der Waals surface area contributed by atoms with Crippen molar-refractivity contribution in [3.63, 3.8) is 0 Å². The first kappa shape index (κ1) is 17.7. The SMILES string of the molecule is [N-]=[N+]=C(C(=O)c1ccc2ccccc2c1)S(=O)(=O)c1ccc(CN)cc1. The molecule has 26 heavy (non-hydrogen) atoms. The van der Waals surface area contributed by atoms with Crippen molar-refractivity contribution in [2.45, 2.75) is 11.4 Å². The van der Waals surface area contributed by atoms with Gasteiger partial charge in [-0.05, 0) is 34.5 Å². The molecule has 0 aliphatic heterocycles. The Morgan fingerprint density at radius 1 is 0.962 bits per heavy atom. The van der Waals surface area contributed by atoms with Gasteiger partial charge in [0.25, 0.3) is 15.6 Å². The van der Waals surface area contributed by atoms with Crippen LogP contribution in [0.25, 0.3) is 16.3 Å². The summed E-state index contributed by atoms with van der Waals surface area (Å²) in [5, 5.41) is 0.764. The summed E-state index contributed by atoms with van der Waals surface area (Å²) in [4.78, 5) is 15.3. The Balaban J connectivity index is 2.03. The number of carbonyl (C=O) groups is 1. The Kier molecular flexibility index (Phi) is 4.77. The summed E-state index contributed by atoms with van der Waals surface area (Å²) in [6.45, 7) is 0.261. The third kappa shape index (κ3) is 3.19. The molecule has 3 aromatic rings. The van der Waals surface area contributed by atoms with Crippen molar-refractivity contribution in [3.8, 4) is 0 Å². The maximum absolute atomic E-state index is 12.7. The van der Waals surface area contributed by atoms with E-state index in [1.165, 1.54) is 18.2 Å². The van der Waals surface area contributed by atoms with Crippen LogP contribution in [0.3, 0.4) is 0 Å². The zero-order chi connectivity index (χ0) is 18.7. The number of rotatable bonds is 4. The van der Waals surface area contributed by atoms with E-state index in [1.54, 1.807) is 24.3 Å². The Bertz CT molecular complexity index is 1150. The van der Waals surface area contributed by atoms with Crippen molar-refractivity contribution in [2.24, 2.45) is 5.73 Å². The molecule has 2 N–H and O–H groups in total. The minimum Gasteiger partial charge on any atom is -0.360 e. The quantitative estimate of drug-likeness (QED) is 0.252. The predicted molar refractivity (Wildman–Crippen MR) is 98.4 cm³/mol. The molecule has 0 bridgehead atoms. The molecule has 0 aromatic heterocycles. The minimum absolute atomic E-state index is 0.124. The van der Waals surface area contributed by atoms with Gasteiger partial charge in [-0.25, -0.2) is 8.42 Å². The maximum atomic E-state index is 12.7. The molecule has 0 atom stereocenters. The van der Waals surface area contributed by atoms with Gasteiger partial charge in [-0.3, -0.25) is 4.79 Å². The summed E-state index contributed by atoms with van der Waals surface area (Å²) in [5.41, 5.74) is 15.6. The van der Waals surface area contributed by atoms with E-state index < -0.39 is 20.7 Å². The van der Waals surface area contributed by atoms with Crippen LogP contribution in [0.1, 0.15) is 15.9 Å². The van der Waals surface area contributed by atoms with Gasteiger partial charge in [-0.2, -0.15) is 0 Å². The molecule has 130 valence electrons. The zero-order valence-electron chi connectivity index (χ0n) is 13.7. The van der Waals surface area contributed by atoms with E-state index in [0.29, 0.717) is 0 Å². The highest BCUT2D eigenvalue weighted by Crippen LogP contribution is 2.19. The summed E-state index contributed by atoms with van der Waals surface area (Å²) < 4.78 is 25.4. The van der Waals surface area contributed by atoms with Crippen molar-refractivity contribution in [1.29, 1.82) is 0 Å². The lowest BCUT2D eigenvalue weighted by molar-refractivity contribution is -0.00158. The summed E-state index contributed by atoms with van der Waals surface area (Å²) >= 11 is 0. The highest BCUT2D eigenvalue weighted by Gasteiger charge is 2.38. The van der Waals surface area contributed by atoms with Crippen molar-refractivity contribution in [3.05, 3.63) is 83.4 Å². The fourth-order valence-electron chi connectivity index (χ4n) is 2.59. The van der Waals surface area contributed by atoms with Crippen molar-refractivity contribution in [2.75, 3.05) is 0 Å². The molecule has 0 saturated heterocycles. The highest BCUT2D eigenvalue weighted by atomic mass is 32.2. The number of sulfone groups is 1. The van der Waals surface area contributed by atoms with Gasteiger partial charge >= 0.3 is 5.04 Å². The minimum atomic E-state index is -4.27. The van der Waals surface area contributed by atoms with Gasteiger partial charge in [0.1, 0.15) is 0 Å². The van der Waals surface area contributed by atoms with Crippen LogP contribution in [-0.4, -0.2) is 24.0 Å². The second kappa shape index (κ2) is 7.01. The van der Waals surface area contributed by atoms with Gasteiger partial charge in [-0.1, -0.05) is 48.5 Å². The molecule has 0 radical (unpaired) electrons. The second-order valence-electron chi connectivity index (χ2n) is 5.65. The van der Waals surface area contributed by atoms with Crippen LogP contribution in [-0.2, 0) is 16.4 Å². The Morgan fingerprint density at radius 3 is 2.23 bits per heavy atom. The number of benzene rings is 3. The molecule has 0 aliphatic rings. The fourth-order valence-corrected chi connectivity index (χ4v) is 3.78. The van der Waals surface area contributed by atoms with Crippen molar-refractivity contribution < 1.29 is 18.0 Å². The highest BCUT2D eigenvalue weighted by molar-refractivity contribution is 8.08. The Labute approximate surface area is 150 Å². The molecule has 0 unspecified atom stereocenters. The normalized spacial score (nSPS) is 11.1. The van der Waals surface area contributed by atoms with Gasteiger partial charge in [0, 0.05) is 12.1 Å². The third-order valence-corrected chi connectivity index (χ3v) is 5.69. The van der Waals surface area contributed by atoms with Gasteiger partial charge in [0.15, 0.2) is 0 Å². The molecule has 3 rings (SSSR count). The summed E-state index contributed by atoms with van der Waals surface area (Å²) in [6.07, 6.45) is 0. The molecule has 3 aromatic carbocycles. The van der Waals surface area contributed by atoms with E-state index in [9.17, 15) is 18.7 Å². The first-order valence-electron chi connectivity index (χ1n) is 7.77. The van der Waals surface area contributed by atoms with Crippen LogP contribution in [0.4, 0.5) is 0 Å². The van der Waals surface area contributed by atoms with E-state index in [0.717, 1.165) is 16.3 Å². The van der Waals surface area contributed by atoms with E-state index in [1.807, 2.05) is 24.3 Å². The van der Waals surface area contributed by atoms with E-state index in [-0.39, 0.29) is 17.0 Å². The average molecular weight is 365 g/mol. The van der Waals surface area contributed by atoms with Crippen LogP contribution in [0, 0.1) is 0 Å². The molecule has 6 nitrogen and oxygen atoms in total. The summed E-state index contributed by atoms with van der Waals surface area (Å²) in [6, 6.07) is 17.9. The average Bonchev–Trinajstić information content (AvgIpc) is 2.68. The first-order chi connectivity index (χ1) is 12.5. The number of hydrogen-bond acceptors (Lipinski definition) is 4. The van der Waals surface area contributed by atoms with Gasteiger partial charge in [0.05, 0.1) is 4.90 Å². The van der Waals surface area contributed by atoms with Crippen LogP contribution in [0.2, 0.25) is 0 Å². The second-order valence-corrected chi connectivity index (χ2v) is 7.51. The molecule has 0 amide bonds. The number of nitrogens with two attached hydrogens (primary N) is 1. The van der Waals surface area contributed by atoms with E-state index in [2.05, 4.69) is 4.79 Å². The lowest BCUT2D eigenvalue weighted by Gasteiger charge is -2.03.